The molecule has 0 amide bonds. The SMILES string of the molecule is CCCC(O)C(C#N)c1ccc(SC)cc1. The van der Waals surface area contributed by atoms with Crippen LogP contribution >= 0.6 is 11.8 Å². The molecule has 0 aliphatic carbocycles. The molecule has 0 heterocycles. The van der Waals surface area contributed by atoms with E-state index in [2.05, 4.69) is 6.07 Å². The highest BCUT2D eigenvalue weighted by molar-refractivity contribution is 7.98. The van der Waals surface area contributed by atoms with E-state index in [1.165, 1.54) is 4.90 Å². The predicted octanol–water partition coefficient (Wildman–Crippen LogP) is 3.18. The van der Waals surface area contributed by atoms with Crippen LogP contribution < -0.4 is 0 Å². The summed E-state index contributed by atoms with van der Waals surface area (Å²) in [5, 5.41) is 18.9. The Morgan fingerprint density at radius 2 is 2.00 bits per heavy atom. The van der Waals surface area contributed by atoms with Crippen molar-refractivity contribution in [2.45, 2.75) is 36.7 Å². The van der Waals surface area contributed by atoms with Crippen molar-refractivity contribution in [3.63, 3.8) is 0 Å². The minimum atomic E-state index is -0.560. The second-order valence-corrected chi connectivity index (χ2v) is 4.62. The molecule has 86 valence electrons. The Hall–Kier alpha value is -0.980. The third-order valence-corrected chi connectivity index (χ3v) is 3.33. The molecule has 2 atom stereocenters. The number of aliphatic hydroxyl groups is 1. The maximum Gasteiger partial charge on any atom is 0.0971 e. The van der Waals surface area contributed by atoms with Gasteiger partial charge in [-0.05, 0) is 30.4 Å². The Kier molecular flexibility index (Phi) is 5.37. The van der Waals surface area contributed by atoms with Crippen LogP contribution in [0.3, 0.4) is 0 Å². The van der Waals surface area contributed by atoms with E-state index < -0.39 is 12.0 Å². The van der Waals surface area contributed by atoms with Gasteiger partial charge in [-0.1, -0.05) is 25.5 Å². The molecule has 0 aliphatic rings. The fourth-order valence-corrected chi connectivity index (χ4v) is 2.06. The van der Waals surface area contributed by atoms with Gasteiger partial charge >= 0.3 is 0 Å². The largest absolute Gasteiger partial charge is 0.391 e. The van der Waals surface area contributed by atoms with Gasteiger partial charge in [0.25, 0.3) is 0 Å². The Morgan fingerprint density at radius 1 is 1.38 bits per heavy atom. The molecule has 0 saturated carbocycles. The first-order valence-corrected chi connectivity index (χ1v) is 6.67. The van der Waals surface area contributed by atoms with Crippen molar-refractivity contribution in [3.8, 4) is 6.07 Å². The van der Waals surface area contributed by atoms with Crippen LogP contribution in [0.1, 0.15) is 31.2 Å². The average molecular weight is 235 g/mol. The maximum atomic E-state index is 9.86. The highest BCUT2D eigenvalue weighted by Crippen LogP contribution is 2.24. The third-order valence-electron chi connectivity index (χ3n) is 2.58. The molecule has 1 rings (SSSR count). The highest BCUT2D eigenvalue weighted by Gasteiger charge is 2.19. The number of thioether (sulfide) groups is 1. The van der Waals surface area contributed by atoms with Gasteiger partial charge in [-0.3, -0.25) is 0 Å². The monoisotopic (exact) mass is 235 g/mol. The van der Waals surface area contributed by atoms with E-state index in [9.17, 15) is 5.11 Å². The summed E-state index contributed by atoms with van der Waals surface area (Å²) in [5.74, 6) is -0.407. The summed E-state index contributed by atoms with van der Waals surface area (Å²) in [6.07, 6.45) is 3.02. The van der Waals surface area contributed by atoms with E-state index >= 15 is 0 Å². The van der Waals surface area contributed by atoms with Gasteiger partial charge < -0.3 is 5.11 Å². The number of rotatable bonds is 5. The molecule has 0 radical (unpaired) electrons. The van der Waals surface area contributed by atoms with Gasteiger partial charge in [0.2, 0.25) is 0 Å². The van der Waals surface area contributed by atoms with Gasteiger partial charge in [0, 0.05) is 4.90 Å². The normalized spacial score (nSPS) is 14.1. The van der Waals surface area contributed by atoms with E-state index in [1.807, 2.05) is 37.4 Å². The average Bonchev–Trinajstić information content (AvgIpc) is 2.31. The van der Waals surface area contributed by atoms with E-state index in [-0.39, 0.29) is 0 Å². The van der Waals surface area contributed by atoms with E-state index in [0.29, 0.717) is 6.42 Å². The van der Waals surface area contributed by atoms with Crippen molar-refractivity contribution >= 4 is 11.8 Å². The smallest absolute Gasteiger partial charge is 0.0971 e. The zero-order valence-electron chi connectivity index (χ0n) is 9.68. The number of benzene rings is 1. The first kappa shape index (κ1) is 13.1. The van der Waals surface area contributed by atoms with Gasteiger partial charge in [-0.15, -0.1) is 11.8 Å². The second kappa shape index (κ2) is 6.57. The number of aliphatic hydroxyl groups excluding tert-OH is 1. The summed E-state index contributed by atoms with van der Waals surface area (Å²) in [6.45, 7) is 2.01. The van der Waals surface area contributed by atoms with Gasteiger partial charge in [0.1, 0.15) is 0 Å². The molecule has 16 heavy (non-hydrogen) atoms. The summed E-state index contributed by atoms with van der Waals surface area (Å²) in [4.78, 5) is 1.17. The topological polar surface area (TPSA) is 44.0 Å². The molecule has 1 N–H and O–H groups in total. The Balaban J connectivity index is 2.83. The highest BCUT2D eigenvalue weighted by atomic mass is 32.2. The van der Waals surface area contributed by atoms with Gasteiger partial charge in [-0.25, -0.2) is 0 Å². The van der Waals surface area contributed by atoms with Crippen LogP contribution in [0.25, 0.3) is 0 Å². The zero-order chi connectivity index (χ0) is 12.0. The van der Waals surface area contributed by atoms with Crippen LogP contribution in [0.5, 0.6) is 0 Å². The van der Waals surface area contributed by atoms with Crippen LogP contribution in [-0.2, 0) is 0 Å². The molecule has 0 aromatic heterocycles. The Bertz CT molecular complexity index is 355. The molecule has 0 saturated heterocycles. The summed E-state index contributed by atoms with van der Waals surface area (Å²) in [7, 11) is 0. The van der Waals surface area contributed by atoms with Crippen molar-refractivity contribution in [2.75, 3.05) is 6.26 Å². The fraction of sp³-hybridized carbons (Fsp3) is 0.462. The molecule has 0 bridgehead atoms. The molecule has 3 heteroatoms. The van der Waals surface area contributed by atoms with Crippen molar-refractivity contribution in [1.82, 2.24) is 0 Å². The third kappa shape index (κ3) is 3.26. The fourth-order valence-electron chi connectivity index (χ4n) is 1.66. The van der Waals surface area contributed by atoms with Gasteiger partial charge in [0.15, 0.2) is 0 Å². The number of hydrogen-bond acceptors (Lipinski definition) is 3. The van der Waals surface area contributed by atoms with Crippen LogP contribution in [0.15, 0.2) is 29.2 Å². The van der Waals surface area contributed by atoms with Crippen LogP contribution in [0, 0.1) is 11.3 Å². The van der Waals surface area contributed by atoms with E-state index in [0.717, 1.165) is 12.0 Å². The zero-order valence-corrected chi connectivity index (χ0v) is 10.5. The van der Waals surface area contributed by atoms with Gasteiger partial charge in [0.05, 0.1) is 18.1 Å². The standard InChI is InChI=1S/C13H17NOS/c1-3-4-13(15)12(9-14)10-5-7-11(16-2)8-6-10/h5-8,12-13,15H,3-4H2,1-2H3. The number of nitrogens with zero attached hydrogens (tertiary/aromatic N) is 1. The van der Waals surface area contributed by atoms with Crippen molar-refractivity contribution in [2.24, 2.45) is 0 Å². The quantitative estimate of drug-likeness (QED) is 0.797. The Labute approximate surface area is 101 Å². The lowest BCUT2D eigenvalue weighted by Gasteiger charge is -2.16. The minimum absolute atomic E-state index is 0.407. The first-order valence-electron chi connectivity index (χ1n) is 5.44. The lowest BCUT2D eigenvalue weighted by Crippen LogP contribution is -2.16. The van der Waals surface area contributed by atoms with Crippen LogP contribution in [-0.4, -0.2) is 17.5 Å². The second-order valence-electron chi connectivity index (χ2n) is 3.74. The predicted molar refractivity (Wildman–Crippen MR) is 67.5 cm³/mol. The van der Waals surface area contributed by atoms with E-state index in [4.69, 9.17) is 5.26 Å². The van der Waals surface area contributed by atoms with Crippen molar-refractivity contribution in [3.05, 3.63) is 29.8 Å². The molecule has 0 fully saturated rings. The molecule has 1 aromatic rings. The Morgan fingerprint density at radius 3 is 2.44 bits per heavy atom. The number of hydrogen-bond donors (Lipinski definition) is 1. The van der Waals surface area contributed by atoms with Crippen molar-refractivity contribution in [1.29, 1.82) is 5.26 Å². The summed E-state index contributed by atoms with van der Waals surface area (Å²) < 4.78 is 0. The van der Waals surface area contributed by atoms with Crippen LogP contribution in [0.4, 0.5) is 0 Å². The minimum Gasteiger partial charge on any atom is -0.391 e. The summed E-state index contributed by atoms with van der Waals surface area (Å²) in [6, 6.07) is 10.0. The molecule has 0 spiro atoms. The molecule has 2 unspecified atom stereocenters. The lowest BCUT2D eigenvalue weighted by molar-refractivity contribution is 0.150. The molecular weight excluding hydrogens is 218 g/mol. The summed E-state index contributed by atoms with van der Waals surface area (Å²) in [5.41, 5.74) is 0.904. The summed E-state index contributed by atoms with van der Waals surface area (Å²) >= 11 is 1.67. The van der Waals surface area contributed by atoms with Gasteiger partial charge in [-0.2, -0.15) is 5.26 Å². The van der Waals surface area contributed by atoms with E-state index in [1.54, 1.807) is 11.8 Å². The molecule has 0 aliphatic heterocycles. The molecule has 1 aromatic carbocycles. The van der Waals surface area contributed by atoms with Crippen LogP contribution in [0.2, 0.25) is 0 Å². The van der Waals surface area contributed by atoms with Crippen molar-refractivity contribution < 1.29 is 5.11 Å². The number of nitriles is 1. The molecule has 2 nitrogen and oxygen atoms in total. The molecular formula is C13H17NOS. The maximum absolute atomic E-state index is 9.86. The first-order chi connectivity index (χ1) is 7.72. The lowest BCUT2D eigenvalue weighted by atomic mass is 9.92.